The lowest BCUT2D eigenvalue weighted by molar-refractivity contribution is -0.0800. The van der Waals surface area contributed by atoms with Crippen LogP contribution in [0.15, 0.2) is 30.0 Å². The van der Waals surface area contributed by atoms with Crippen LogP contribution in [0.2, 0.25) is 10.0 Å². The van der Waals surface area contributed by atoms with Crippen molar-refractivity contribution in [3.8, 4) is 0 Å². The molecule has 0 aliphatic carbocycles. The van der Waals surface area contributed by atoms with Crippen LogP contribution in [0.3, 0.4) is 0 Å². The van der Waals surface area contributed by atoms with Crippen molar-refractivity contribution in [2.24, 2.45) is 0 Å². The van der Waals surface area contributed by atoms with Crippen molar-refractivity contribution in [3.63, 3.8) is 0 Å². The maximum absolute atomic E-state index is 12.2. The van der Waals surface area contributed by atoms with Gasteiger partial charge in [-0.15, -0.1) is 11.6 Å². The first-order chi connectivity index (χ1) is 9.49. The number of carbonyl (C=O) groups excluding carboxylic acids is 1. The molecule has 1 aromatic rings. The number of nitrogens with zero attached hydrogens (tertiary/aromatic N) is 1. The zero-order valence-corrected chi connectivity index (χ0v) is 13.6. The van der Waals surface area contributed by atoms with Crippen molar-refractivity contribution in [2.45, 2.75) is 12.8 Å². The average molecular weight is 337 g/mol. The van der Waals surface area contributed by atoms with Gasteiger partial charge in [0.15, 0.2) is 5.78 Å². The van der Waals surface area contributed by atoms with Crippen molar-refractivity contribution in [1.29, 1.82) is 0 Å². The number of rotatable bonds is 7. The number of halogens is 3. The van der Waals surface area contributed by atoms with E-state index in [2.05, 4.69) is 0 Å². The summed E-state index contributed by atoms with van der Waals surface area (Å²) in [6.07, 6.45) is 2.94. The molecule has 0 aliphatic rings. The van der Waals surface area contributed by atoms with Gasteiger partial charge in [0.05, 0.1) is 17.2 Å². The van der Waals surface area contributed by atoms with E-state index >= 15 is 0 Å². The van der Waals surface area contributed by atoms with Crippen LogP contribution in [-0.4, -0.2) is 30.9 Å². The minimum atomic E-state index is -0.156. The summed E-state index contributed by atoms with van der Waals surface area (Å²) >= 11 is 17.4. The maximum atomic E-state index is 12.2. The summed E-state index contributed by atoms with van der Waals surface area (Å²) in [6.45, 7) is 0. The minimum Gasteiger partial charge on any atom is -0.289 e. The summed E-state index contributed by atoms with van der Waals surface area (Å²) in [5.41, 5.74) is 1.23. The van der Waals surface area contributed by atoms with Crippen molar-refractivity contribution >= 4 is 40.6 Å². The predicted octanol–water partition coefficient (Wildman–Crippen LogP) is 4.57. The Hall–Kier alpha value is -0.740. The topological polar surface area (TPSA) is 29.5 Å². The highest BCUT2D eigenvalue weighted by molar-refractivity contribution is 6.42. The molecular formula is C14H16Cl3NO2. The summed E-state index contributed by atoms with van der Waals surface area (Å²) in [7, 11) is 3.28. The number of hydrogen-bond acceptors (Lipinski definition) is 3. The molecule has 110 valence electrons. The molecule has 0 heterocycles. The van der Waals surface area contributed by atoms with Crippen molar-refractivity contribution in [2.75, 3.05) is 20.0 Å². The van der Waals surface area contributed by atoms with Crippen LogP contribution in [0.1, 0.15) is 23.2 Å². The maximum Gasteiger partial charge on any atom is 0.187 e. The average Bonchev–Trinajstić information content (AvgIpc) is 2.45. The number of benzene rings is 1. The van der Waals surface area contributed by atoms with E-state index in [0.29, 0.717) is 27.9 Å². The molecule has 0 bridgehead atoms. The Morgan fingerprint density at radius 3 is 2.60 bits per heavy atom. The third kappa shape index (κ3) is 4.98. The normalized spacial score (nSPS) is 11.6. The van der Waals surface area contributed by atoms with Crippen LogP contribution < -0.4 is 0 Å². The van der Waals surface area contributed by atoms with Crippen molar-refractivity contribution < 1.29 is 9.63 Å². The van der Waals surface area contributed by atoms with E-state index in [1.54, 1.807) is 30.3 Å². The van der Waals surface area contributed by atoms with Gasteiger partial charge in [0.2, 0.25) is 0 Å². The van der Waals surface area contributed by atoms with Gasteiger partial charge in [-0.2, -0.15) is 0 Å². The number of hydroxylamine groups is 2. The van der Waals surface area contributed by atoms with Crippen LogP contribution in [0.4, 0.5) is 0 Å². The molecule has 0 saturated heterocycles. The third-order valence-corrected chi connectivity index (χ3v) is 3.75. The Labute approximate surface area is 134 Å². The molecule has 0 unspecified atom stereocenters. The molecule has 3 nitrogen and oxygen atoms in total. The second kappa shape index (κ2) is 8.53. The van der Waals surface area contributed by atoms with E-state index in [1.807, 2.05) is 0 Å². The summed E-state index contributed by atoms with van der Waals surface area (Å²) < 4.78 is 0. The molecule has 1 rings (SSSR count). The molecule has 0 atom stereocenters. The van der Waals surface area contributed by atoms with Crippen molar-refractivity contribution in [3.05, 3.63) is 45.6 Å². The van der Waals surface area contributed by atoms with Gasteiger partial charge in [-0.3, -0.25) is 14.7 Å². The number of carbonyl (C=O) groups is 1. The zero-order valence-electron chi connectivity index (χ0n) is 11.3. The molecular weight excluding hydrogens is 321 g/mol. The first-order valence-corrected chi connectivity index (χ1v) is 7.32. The van der Waals surface area contributed by atoms with Gasteiger partial charge in [-0.05, 0) is 31.0 Å². The highest BCUT2D eigenvalue weighted by atomic mass is 35.5. The Balaban J connectivity index is 2.96. The van der Waals surface area contributed by atoms with Crippen LogP contribution in [-0.2, 0) is 4.84 Å². The molecule has 0 saturated carbocycles. The summed E-state index contributed by atoms with van der Waals surface area (Å²) in [4.78, 5) is 17.3. The Morgan fingerprint density at radius 2 is 2.05 bits per heavy atom. The second-order valence-electron chi connectivity index (χ2n) is 4.10. The van der Waals surface area contributed by atoms with Gasteiger partial charge >= 0.3 is 0 Å². The molecule has 0 aliphatic heterocycles. The smallest absolute Gasteiger partial charge is 0.187 e. The van der Waals surface area contributed by atoms with E-state index in [1.165, 1.54) is 13.2 Å². The predicted molar refractivity (Wildman–Crippen MR) is 83.6 cm³/mol. The van der Waals surface area contributed by atoms with Crippen LogP contribution in [0.25, 0.3) is 0 Å². The number of hydrogen-bond donors (Lipinski definition) is 0. The molecule has 0 spiro atoms. The lowest BCUT2D eigenvalue weighted by Crippen LogP contribution is -2.17. The Morgan fingerprint density at radius 1 is 1.35 bits per heavy atom. The summed E-state index contributed by atoms with van der Waals surface area (Å²) in [6, 6.07) is 4.79. The molecule has 0 radical (unpaired) electrons. The quantitative estimate of drug-likeness (QED) is 0.316. The first-order valence-electron chi connectivity index (χ1n) is 6.03. The Kier molecular flexibility index (Phi) is 7.38. The fraction of sp³-hybridized carbons (Fsp3) is 0.357. The molecule has 20 heavy (non-hydrogen) atoms. The van der Waals surface area contributed by atoms with E-state index in [0.717, 1.165) is 12.1 Å². The van der Waals surface area contributed by atoms with Gasteiger partial charge in [0.25, 0.3) is 0 Å². The van der Waals surface area contributed by atoms with E-state index in [9.17, 15) is 4.79 Å². The number of allylic oxidation sites excluding steroid dienone is 2. The molecule has 1 aromatic carbocycles. The molecule has 6 heteroatoms. The second-order valence-corrected chi connectivity index (χ2v) is 5.29. The first kappa shape index (κ1) is 17.3. The lowest BCUT2D eigenvalue weighted by atomic mass is 10.1. The van der Waals surface area contributed by atoms with Gasteiger partial charge in [-0.1, -0.05) is 23.2 Å². The molecule has 0 aromatic heterocycles. The molecule has 0 amide bonds. The molecule has 0 N–H and O–H groups in total. The summed E-state index contributed by atoms with van der Waals surface area (Å²) in [5, 5.41) is 2.32. The van der Waals surface area contributed by atoms with Crippen molar-refractivity contribution in [1.82, 2.24) is 5.06 Å². The number of alkyl halides is 1. The Bertz CT molecular complexity index is 503. The largest absolute Gasteiger partial charge is 0.289 e. The van der Waals surface area contributed by atoms with Crippen LogP contribution in [0.5, 0.6) is 0 Å². The fourth-order valence-electron chi connectivity index (χ4n) is 1.57. The lowest BCUT2D eigenvalue weighted by Gasteiger charge is -2.19. The third-order valence-electron chi connectivity index (χ3n) is 2.75. The van der Waals surface area contributed by atoms with Gasteiger partial charge in [0.1, 0.15) is 0 Å². The number of ketones is 1. The van der Waals surface area contributed by atoms with Gasteiger partial charge in [0, 0.05) is 30.3 Å². The van der Waals surface area contributed by atoms with E-state index in [4.69, 9.17) is 39.6 Å². The standard InChI is InChI=1S/C14H16Cl3NO2/c1-18(20-2)11(4-3-7-15)9-14(19)10-5-6-12(16)13(17)8-10/h5-6,8-9H,3-4,7H2,1-2H3/b11-9+. The fourth-order valence-corrected chi connectivity index (χ4v) is 2.00. The van der Waals surface area contributed by atoms with Crippen LogP contribution >= 0.6 is 34.8 Å². The minimum absolute atomic E-state index is 0.156. The molecule has 0 fully saturated rings. The summed E-state index contributed by atoms with van der Waals surface area (Å²) in [5.74, 6) is 0.368. The monoisotopic (exact) mass is 335 g/mol. The van der Waals surface area contributed by atoms with Crippen LogP contribution in [0, 0.1) is 0 Å². The van der Waals surface area contributed by atoms with Gasteiger partial charge < -0.3 is 0 Å². The SMILES string of the molecule is CON(C)/C(=C/C(=O)c1ccc(Cl)c(Cl)c1)CCCCl. The van der Waals surface area contributed by atoms with E-state index in [-0.39, 0.29) is 5.78 Å². The van der Waals surface area contributed by atoms with Gasteiger partial charge in [-0.25, -0.2) is 0 Å². The highest BCUT2D eigenvalue weighted by Crippen LogP contribution is 2.23. The van der Waals surface area contributed by atoms with E-state index < -0.39 is 0 Å². The zero-order chi connectivity index (χ0) is 15.1. The highest BCUT2D eigenvalue weighted by Gasteiger charge is 2.10.